The Morgan fingerprint density at radius 3 is 2.55 bits per heavy atom. The van der Waals surface area contributed by atoms with E-state index in [-0.39, 0.29) is 12.2 Å². The number of ketones is 1. The first-order valence-electron chi connectivity index (χ1n) is 8.23. The van der Waals surface area contributed by atoms with Gasteiger partial charge in [0, 0.05) is 18.0 Å². The van der Waals surface area contributed by atoms with Gasteiger partial charge < -0.3 is 10.0 Å². The lowest BCUT2D eigenvalue weighted by atomic mass is 9.92. The van der Waals surface area contributed by atoms with Crippen LogP contribution in [0.5, 0.6) is 0 Å². The van der Waals surface area contributed by atoms with Crippen LogP contribution in [0.1, 0.15) is 47.2 Å². The second-order valence-corrected chi connectivity index (χ2v) is 6.50. The van der Waals surface area contributed by atoms with Gasteiger partial charge in [0.2, 0.25) is 0 Å². The highest BCUT2D eigenvalue weighted by Gasteiger charge is 2.27. The zero-order valence-electron chi connectivity index (χ0n) is 12.9. The molecule has 1 heterocycles. The van der Waals surface area contributed by atoms with Gasteiger partial charge in [-0.25, -0.2) is 0 Å². The Bertz CT molecular complexity index is 576. The van der Waals surface area contributed by atoms with Gasteiger partial charge in [0.25, 0.3) is 0 Å². The van der Waals surface area contributed by atoms with Crippen molar-refractivity contribution in [1.29, 1.82) is 0 Å². The van der Waals surface area contributed by atoms with Crippen LogP contribution in [0.2, 0.25) is 0 Å². The van der Waals surface area contributed by atoms with E-state index in [0.717, 1.165) is 45.2 Å². The van der Waals surface area contributed by atoms with Gasteiger partial charge in [-0.3, -0.25) is 9.59 Å². The molecule has 1 aromatic carbocycles. The van der Waals surface area contributed by atoms with Crippen molar-refractivity contribution in [3.05, 3.63) is 34.9 Å². The van der Waals surface area contributed by atoms with Crippen molar-refractivity contribution >= 4 is 11.8 Å². The molecule has 22 heavy (non-hydrogen) atoms. The van der Waals surface area contributed by atoms with Crippen LogP contribution in [0.3, 0.4) is 0 Å². The molecule has 0 aromatic heterocycles. The molecule has 1 aromatic rings. The normalized spacial score (nSPS) is 19.1. The lowest BCUT2D eigenvalue weighted by molar-refractivity contribution is -0.137. The number of nitrogens with zero attached hydrogens (tertiary/aromatic N) is 1. The molecule has 2 aliphatic rings. The first kappa shape index (κ1) is 15.2. The Morgan fingerprint density at radius 2 is 1.82 bits per heavy atom. The SMILES string of the molecule is O=C(O)CC(CN1CCCC1)C(=O)c1ccc2c(c1)CCC2. The van der Waals surface area contributed by atoms with Crippen LogP contribution < -0.4 is 0 Å². The average Bonchev–Trinajstić information content (AvgIpc) is 3.15. The number of aryl methyl sites for hydroxylation is 2. The molecule has 1 aliphatic heterocycles. The maximum atomic E-state index is 12.8. The Morgan fingerprint density at radius 1 is 1.09 bits per heavy atom. The molecule has 0 amide bonds. The summed E-state index contributed by atoms with van der Waals surface area (Å²) in [7, 11) is 0. The number of carbonyl (C=O) groups is 2. The first-order chi connectivity index (χ1) is 10.6. The molecule has 0 saturated carbocycles. The summed E-state index contributed by atoms with van der Waals surface area (Å²) in [6.45, 7) is 2.53. The molecule has 1 unspecified atom stereocenters. The molecular formula is C18H23NO3. The van der Waals surface area contributed by atoms with Crippen LogP contribution in [-0.4, -0.2) is 41.4 Å². The van der Waals surface area contributed by atoms with Crippen molar-refractivity contribution in [2.75, 3.05) is 19.6 Å². The van der Waals surface area contributed by atoms with E-state index in [1.807, 2.05) is 18.2 Å². The lowest BCUT2D eigenvalue weighted by Crippen LogP contribution is -2.32. The van der Waals surface area contributed by atoms with Gasteiger partial charge in [-0.1, -0.05) is 12.1 Å². The highest BCUT2D eigenvalue weighted by atomic mass is 16.4. The number of benzene rings is 1. The lowest BCUT2D eigenvalue weighted by Gasteiger charge is -2.21. The third-order valence-electron chi connectivity index (χ3n) is 4.85. The summed E-state index contributed by atoms with van der Waals surface area (Å²) in [5, 5.41) is 9.14. The van der Waals surface area contributed by atoms with Crippen molar-refractivity contribution < 1.29 is 14.7 Å². The van der Waals surface area contributed by atoms with Crippen LogP contribution in [0.15, 0.2) is 18.2 Å². The highest BCUT2D eigenvalue weighted by Crippen LogP contribution is 2.25. The molecule has 0 bridgehead atoms. The molecule has 118 valence electrons. The molecule has 1 aliphatic carbocycles. The zero-order valence-corrected chi connectivity index (χ0v) is 12.9. The van der Waals surface area contributed by atoms with Crippen LogP contribution in [-0.2, 0) is 17.6 Å². The number of fused-ring (bicyclic) bond motifs is 1. The largest absolute Gasteiger partial charge is 0.481 e. The van der Waals surface area contributed by atoms with E-state index in [1.165, 1.54) is 11.1 Å². The van der Waals surface area contributed by atoms with Gasteiger partial charge in [-0.05, 0) is 62.4 Å². The van der Waals surface area contributed by atoms with E-state index in [9.17, 15) is 9.59 Å². The summed E-state index contributed by atoms with van der Waals surface area (Å²) >= 11 is 0. The fourth-order valence-corrected chi connectivity index (χ4v) is 3.69. The molecule has 0 spiro atoms. The number of likely N-dealkylation sites (tertiary alicyclic amines) is 1. The molecule has 1 fully saturated rings. The number of carbonyl (C=O) groups excluding carboxylic acids is 1. The number of carboxylic acid groups (broad SMARTS) is 1. The van der Waals surface area contributed by atoms with E-state index in [2.05, 4.69) is 4.90 Å². The van der Waals surface area contributed by atoms with E-state index in [4.69, 9.17) is 5.11 Å². The van der Waals surface area contributed by atoms with Crippen LogP contribution >= 0.6 is 0 Å². The Kier molecular flexibility index (Phi) is 4.57. The van der Waals surface area contributed by atoms with Crippen molar-refractivity contribution in [3.63, 3.8) is 0 Å². The van der Waals surface area contributed by atoms with Crippen molar-refractivity contribution in [3.8, 4) is 0 Å². The molecule has 0 radical (unpaired) electrons. The summed E-state index contributed by atoms with van der Waals surface area (Å²) in [6, 6.07) is 5.91. The first-order valence-corrected chi connectivity index (χ1v) is 8.23. The molecule has 1 saturated heterocycles. The average molecular weight is 301 g/mol. The van der Waals surface area contributed by atoms with Crippen molar-refractivity contribution in [2.45, 2.75) is 38.5 Å². The van der Waals surface area contributed by atoms with E-state index < -0.39 is 11.9 Å². The number of Topliss-reactive ketones (excluding diaryl/α,β-unsaturated/α-hetero) is 1. The summed E-state index contributed by atoms with van der Waals surface area (Å²) in [6.07, 6.45) is 5.49. The number of carboxylic acids is 1. The van der Waals surface area contributed by atoms with E-state index in [1.54, 1.807) is 0 Å². The summed E-state index contributed by atoms with van der Waals surface area (Å²) in [5.74, 6) is -1.34. The maximum absolute atomic E-state index is 12.8. The summed E-state index contributed by atoms with van der Waals surface area (Å²) in [5.41, 5.74) is 3.29. The van der Waals surface area contributed by atoms with Gasteiger partial charge in [-0.15, -0.1) is 0 Å². The van der Waals surface area contributed by atoms with Gasteiger partial charge in [0.05, 0.1) is 6.42 Å². The number of rotatable bonds is 6. The number of aliphatic carboxylic acids is 1. The molecule has 4 heteroatoms. The molecule has 3 rings (SSSR count). The van der Waals surface area contributed by atoms with Crippen LogP contribution in [0.4, 0.5) is 0 Å². The van der Waals surface area contributed by atoms with Gasteiger partial charge in [-0.2, -0.15) is 0 Å². The standard InChI is InChI=1S/C18H23NO3/c20-17(21)11-16(12-19-8-1-2-9-19)18(22)15-7-6-13-4-3-5-14(13)10-15/h6-7,10,16H,1-5,8-9,11-12H2,(H,20,21). The second kappa shape index (κ2) is 6.61. The minimum atomic E-state index is -0.890. The minimum Gasteiger partial charge on any atom is -0.481 e. The smallest absolute Gasteiger partial charge is 0.304 e. The zero-order chi connectivity index (χ0) is 15.5. The summed E-state index contributed by atoms with van der Waals surface area (Å²) < 4.78 is 0. The predicted molar refractivity (Wildman–Crippen MR) is 84.2 cm³/mol. The predicted octanol–water partition coefficient (Wildman–Crippen LogP) is 2.54. The Labute approximate surface area is 131 Å². The van der Waals surface area contributed by atoms with E-state index in [0.29, 0.717) is 12.1 Å². The quantitative estimate of drug-likeness (QED) is 0.820. The van der Waals surface area contributed by atoms with Crippen LogP contribution in [0, 0.1) is 5.92 Å². The molecular weight excluding hydrogens is 278 g/mol. The van der Waals surface area contributed by atoms with Crippen molar-refractivity contribution in [1.82, 2.24) is 4.90 Å². The molecule has 1 atom stereocenters. The molecule has 1 N–H and O–H groups in total. The van der Waals surface area contributed by atoms with Crippen LogP contribution in [0.25, 0.3) is 0 Å². The van der Waals surface area contributed by atoms with Crippen molar-refractivity contribution in [2.24, 2.45) is 5.92 Å². The van der Waals surface area contributed by atoms with Gasteiger partial charge in [0.1, 0.15) is 0 Å². The highest BCUT2D eigenvalue weighted by molar-refractivity contribution is 5.99. The number of hydrogen-bond donors (Lipinski definition) is 1. The maximum Gasteiger partial charge on any atom is 0.304 e. The Hall–Kier alpha value is -1.68. The van der Waals surface area contributed by atoms with Gasteiger partial charge >= 0.3 is 5.97 Å². The minimum absolute atomic E-state index is 0.0102. The fraction of sp³-hybridized carbons (Fsp3) is 0.556. The van der Waals surface area contributed by atoms with E-state index >= 15 is 0 Å². The third-order valence-corrected chi connectivity index (χ3v) is 4.85. The third kappa shape index (κ3) is 3.38. The topological polar surface area (TPSA) is 57.6 Å². The molecule has 4 nitrogen and oxygen atoms in total. The Balaban J connectivity index is 1.76. The monoisotopic (exact) mass is 301 g/mol. The van der Waals surface area contributed by atoms with Gasteiger partial charge in [0.15, 0.2) is 5.78 Å². The number of hydrogen-bond acceptors (Lipinski definition) is 3. The second-order valence-electron chi connectivity index (χ2n) is 6.50. The summed E-state index contributed by atoms with van der Waals surface area (Å²) in [4.78, 5) is 26.1. The fourth-order valence-electron chi connectivity index (χ4n) is 3.69.